The molecule has 1 heteroatoms. The van der Waals surface area contributed by atoms with E-state index in [0.717, 1.165) is 25.2 Å². The topological polar surface area (TPSA) is 20.2 Å². The molecule has 3 unspecified atom stereocenters. The Hall–Kier alpha value is -0.0400. The molecular formula is C12H24O. The number of hydrogen-bond acceptors (Lipinski definition) is 1. The van der Waals surface area contributed by atoms with Crippen LogP contribution in [0.4, 0.5) is 0 Å². The highest BCUT2D eigenvalue weighted by atomic mass is 16.3. The molecule has 13 heavy (non-hydrogen) atoms. The summed E-state index contributed by atoms with van der Waals surface area (Å²) in [7, 11) is 0. The van der Waals surface area contributed by atoms with Gasteiger partial charge < -0.3 is 5.11 Å². The molecule has 1 aliphatic rings. The highest BCUT2D eigenvalue weighted by Gasteiger charge is 2.33. The lowest BCUT2D eigenvalue weighted by molar-refractivity contribution is -0.0274. The minimum Gasteiger partial charge on any atom is -0.390 e. The van der Waals surface area contributed by atoms with Crippen LogP contribution in [0.15, 0.2) is 0 Å². The maximum Gasteiger partial charge on any atom is 0.0673 e. The Kier molecular flexibility index (Phi) is 3.78. The quantitative estimate of drug-likeness (QED) is 0.652. The van der Waals surface area contributed by atoms with Gasteiger partial charge in [-0.15, -0.1) is 0 Å². The van der Waals surface area contributed by atoms with E-state index in [-0.39, 0.29) is 5.60 Å². The fourth-order valence-corrected chi connectivity index (χ4v) is 2.40. The molecule has 78 valence electrons. The summed E-state index contributed by atoms with van der Waals surface area (Å²) in [6.45, 7) is 6.68. The maximum absolute atomic E-state index is 10.4. The van der Waals surface area contributed by atoms with Gasteiger partial charge in [-0.1, -0.05) is 40.0 Å². The molecule has 1 rings (SSSR count). The van der Waals surface area contributed by atoms with Crippen LogP contribution in [-0.2, 0) is 0 Å². The van der Waals surface area contributed by atoms with Gasteiger partial charge in [0.1, 0.15) is 0 Å². The Bertz CT molecular complexity index is 155. The minimum absolute atomic E-state index is 0.348. The molecule has 0 aromatic carbocycles. The zero-order chi connectivity index (χ0) is 9.90. The van der Waals surface area contributed by atoms with Crippen molar-refractivity contribution in [2.75, 3.05) is 0 Å². The fourth-order valence-electron chi connectivity index (χ4n) is 2.40. The van der Waals surface area contributed by atoms with Crippen molar-refractivity contribution in [2.24, 2.45) is 11.8 Å². The molecule has 1 saturated carbocycles. The Morgan fingerprint density at radius 2 is 2.08 bits per heavy atom. The molecule has 1 fully saturated rings. The summed E-state index contributed by atoms with van der Waals surface area (Å²) in [5.74, 6) is 1.29. The van der Waals surface area contributed by atoms with Crippen molar-refractivity contribution in [3.8, 4) is 0 Å². The number of hydrogen-bond donors (Lipinski definition) is 1. The third-order valence-corrected chi connectivity index (χ3v) is 3.91. The Morgan fingerprint density at radius 3 is 2.69 bits per heavy atom. The van der Waals surface area contributed by atoms with Gasteiger partial charge in [0.2, 0.25) is 0 Å². The molecule has 0 aliphatic heterocycles. The molecule has 0 aromatic rings. The second-order valence-electron chi connectivity index (χ2n) is 4.95. The monoisotopic (exact) mass is 184 g/mol. The van der Waals surface area contributed by atoms with Crippen molar-refractivity contribution < 1.29 is 5.11 Å². The molecule has 0 aromatic heterocycles. The molecule has 1 aliphatic carbocycles. The average Bonchev–Trinajstić information content (AvgIpc) is 2.28. The van der Waals surface area contributed by atoms with Gasteiger partial charge in [0.05, 0.1) is 5.60 Å². The maximum atomic E-state index is 10.4. The second kappa shape index (κ2) is 4.45. The van der Waals surface area contributed by atoms with Gasteiger partial charge >= 0.3 is 0 Å². The highest BCUT2D eigenvalue weighted by molar-refractivity contribution is 4.86. The van der Waals surface area contributed by atoms with Crippen LogP contribution in [0.5, 0.6) is 0 Å². The molecular weight excluding hydrogens is 160 g/mol. The molecule has 0 spiro atoms. The summed E-state index contributed by atoms with van der Waals surface area (Å²) in [5.41, 5.74) is -0.348. The zero-order valence-electron chi connectivity index (χ0n) is 9.34. The summed E-state index contributed by atoms with van der Waals surface area (Å²) in [6.07, 6.45) is 6.86. The van der Waals surface area contributed by atoms with E-state index in [4.69, 9.17) is 0 Å². The molecule has 0 heterocycles. The van der Waals surface area contributed by atoms with Gasteiger partial charge in [0.25, 0.3) is 0 Å². The summed E-state index contributed by atoms with van der Waals surface area (Å²) >= 11 is 0. The number of rotatable bonds is 2. The second-order valence-corrected chi connectivity index (χ2v) is 4.95. The predicted molar refractivity (Wildman–Crippen MR) is 56.7 cm³/mol. The molecule has 0 bridgehead atoms. The number of aliphatic hydroxyl groups is 1. The average molecular weight is 184 g/mol. The Balaban J connectivity index is 2.56. The summed E-state index contributed by atoms with van der Waals surface area (Å²) in [5, 5.41) is 10.4. The van der Waals surface area contributed by atoms with Gasteiger partial charge in [-0.25, -0.2) is 0 Å². The van der Waals surface area contributed by atoms with Crippen LogP contribution in [0, 0.1) is 11.8 Å². The van der Waals surface area contributed by atoms with Crippen LogP contribution < -0.4 is 0 Å². The van der Waals surface area contributed by atoms with Crippen molar-refractivity contribution in [1.82, 2.24) is 0 Å². The fraction of sp³-hybridized carbons (Fsp3) is 1.00. The first-order valence-corrected chi connectivity index (χ1v) is 5.81. The summed E-state index contributed by atoms with van der Waals surface area (Å²) in [6, 6.07) is 0. The van der Waals surface area contributed by atoms with E-state index in [1.54, 1.807) is 0 Å². The van der Waals surface area contributed by atoms with Crippen molar-refractivity contribution in [1.29, 1.82) is 0 Å². The van der Waals surface area contributed by atoms with Gasteiger partial charge in [-0.2, -0.15) is 0 Å². The summed E-state index contributed by atoms with van der Waals surface area (Å²) in [4.78, 5) is 0. The molecule has 0 radical (unpaired) electrons. The van der Waals surface area contributed by atoms with Crippen molar-refractivity contribution in [3.63, 3.8) is 0 Å². The molecule has 0 saturated heterocycles. The third kappa shape index (κ3) is 2.70. The first-order chi connectivity index (χ1) is 6.08. The van der Waals surface area contributed by atoms with E-state index in [1.807, 2.05) is 0 Å². The first-order valence-electron chi connectivity index (χ1n) is 5.81. The van der Waals surface area contributed by atoms with Crippen LogP contribution in [0.2, 0.25) is 0 Å². The van der Waals surface area contributed by atoms with Gasteiger partial charge in [0, 0.05) is 0 Å². The van der Waals surface area contributed by atoms with Crippen molar-refractivity contribution in [3.05, 3.63) is 0 Å². The van der Waals surface area contributed by atoms with Crippen LogP contribution >= 0.6 is 0 Å². The predicted octanol–water partition coefficient (Wildman–Crippen LogP) is 3.36. The largest absolute Gasteiger partial charge is 0.390 e. The standard InChI is InChI=1S/C12H24O/c1-4-11(3)12(13)8-5-6-10(2)7-9-12/h10-11,13H,4-9H2,1-3H3. The summed E-state index contributed by atoms with van der Waals surface area (Å²) < 4.78 is 0. The van der Waals surface area contributed by atoms with Crippen molar-refractivity contribution >= 4 is 0 Å². The van der Waals surface area contributed by atoms with Gasteiger partial charge in [-0.3, -0.25) is 0 Å². The molecule has 3 atom stereocenters. The first kappa shape index (κ1) is 11.0. The van der Waals surface area contributed by atoms with Crippen molar-refractivity contribution in [2.45, 2.75) is 64.9 Å². The van der Waals surface area contributed by atoms with Crippen LogP contribution in [-0.4, -0.2) is 10.7 Å². The Morgan fingerprint density at radius 1 is 1.38 bits per heavy atom. The normalized spacial score (nSPS) is 38.3. The van der Waals surface area contributed by atoms with E-state index < -0.39 is 0 Å². The van der Waals surface area contributed by atoms with Crippen LogP contribution in [0.3, 0.4) is 0 Å². The van der Waals surface area contributed by atoms with Gasteiger partial charge in [-0.05, 0) is 31.1 Å². The van der Waals surface area contributed by atoms with Crippen LogP contribution in [0.1, 0.15) is 59.3 Å². The molecule has 1 nitrogen and oxygen atoms in total. The Labute approximate surface area is 82.5 Å². The van der Waals surface area contributed by atoms with E-state index in [0.29, 0.717) is 5.92 Å². The lowest BCUT2D eigenvalue weighted by Gasteiger charge is -2.32. The SMILES string of the molecule is CCC(C)C1(O)CCCC(C)CC1. The lowest BCUT2D eigenvalue weighted by Crippen LogP contribution is -2.35. The molecule has 0 amide bonds. The van der Waals surface area contributed by atoms with E-state index in [1.165, 1.54) is 19.3 Å². The smallest absolute Gasteiger partial charge is 0.0673 e. The van der Waals surface area contributed by atoms with Crippen LogP contribution in [0.25, 0.3) is 0 Å². The highest BCUT2D eigenvalue weighted by Crippen LogP contribution is 2.36. The lowest BCUT2D eigenvalue weighted by atomic mass is 9.81. The van der Waals surface area contributed by atoms with E-state index in [2.05, 4.69) is 20.8 Å². The minimum atomic E-state index is -0.348. The molecule has 1 N–H and O–H groups in total. The zero-order valence-corrected chi connectivity index (χ0v) is 9.34. The van der Waals surface area contributed by atoms with Gasteiger partial charge in [0.15, 0.2) is 0 Å². The van der Waals surface area contributed by atoms with E-state index in [9.17, 15) is 5.11 Å². The van der Waals surface area contributed by atoms with E-state index >= 15 is 0 Å². The third-order valence-electron chi connectivity index (χ3n) is 3.91.